The number of fused-ring (bicyclic) bond motifs is 1. The summed E-state index contributed by atoms with van der Waals surface area (Å²) in [5.74, 6) is 1.23. The number of hydrogen-bond donors (Lipinski definition) is 1. The van der Waals surface area contributed by atoms with E-state index in [0.717, 1.165) is 33.3 Å². The summed E-state index contributed by atoms with van der Waals surface area (Å²) >= 11 is 0. The lowest BCUT2D eigenvalue weighted by Gasteiger charge is -2.27. The number of aromatic nitrogens is 1. The molecule has 1 aromatic heterocycles. The second kappa shape index (κ2) is 10.6. The Morgan fingerprint density at radius 1 is 0.943 bits per heavy atom. The maximum absolute atomic E-state index is 13.1. The van der Waals surface area contributed by atoms with Crippen molar-refractivity contribution < 1.29 is 4.74 Å². The number of rotatable bonds is 8. The van der Waals surface area contributed by atoms with E-state index >= 15 is 0 Å². The van der Waals surface area contributed by atoms with Crippen LogP contribution in [0.1, 0.15) is 53.6 Å². The number of ether oxygens (including phenoxy) is 1. The van der Waals surface area contributed by atoms with Gasteiger partial charge in [-0.25, -0.2) is 0 Å². The number of benzene rings is 3. The third kappa shape index (κ3) is 5.62. The van der Waals surface area contributed by atoms with Gasteiger partial charge in [0.25, 0.3) is 5.56 Å². The summed E-state index contributed by atoms with van der Waals surface area (Å²) in [6, 6.07) is 25.8. The lowest BCUT2D eigenvalue weighted by atomic mass is 10.0. The quantitative estimate of drug-likeness (QED) is 0.335. The van der Waals surface area contributed by atoms with Gasteiger partial charge in [-0.1, -0.05) is 62.4 Å². The lowest BCUT2D eigenvalue weighted by Crippen LogP contribution is -2.31. The summed E-state index contributed by atoms with van der Waals surface area (Å²) in [6.45, 7) is 7.38. The Bertz CT molecular complexity index is 1400. The second-order valence-electron chi connectivity index (χ2n) is 9.33. The molecule has 0 aliphatic rings. The van der Waals surface area contributed by atoms with E-state index in [2.05, 4.69) is 54.1 Å². The smallest absolute Gasteiger partial charge is 0.254 e. The fourth-order valence-electron chi connectivity index (χ4n) is 4.33. The molecule has 0 bridgehead atoms. The first kappa shape index (κ1) is 24.3. The Balaban J connectivity index is 1.73. The summed E-state index contributed by atoms with van der Waals surface area (Å²) in [4.78, 5) is 18.1. The van der Waals surface area contributed by atoms with E-state index in [1.54, 1.807) is 7.11 Å². The molecule has 1 heterocycles. The van der Waals surface area contributed by atoms with Crippen molar-refractivity contribution in [3.63, 3.8) is 0 Å². The number of hydrogen-bond acceptors (Lipinski definition) is 4. The molecule has 5 nitrogen and oxygen atoms in total. The van der Waals surface area contributed by atoms with Crippen molar-refractivity contribution in [2.24, 2.45) is 0 Å². The summed E-state index contributed by atoms with van der Waals surface area (Å²) in [5, 5.41) is 11.2. The number of nitriles is 1. The molecule has 0 saturated carbocycles. The number of pyridine rings is 1. The predicted molar refractivity (Wildman–Crippen MR) is 140 cm³/mol. The van der Waals surface area contributed by atoms with Gasteiger partial charge < -0.3 is 9.72 Å². The molecule has 1 atom stereocenters. The maximum atomic E-state index is 13.1. The van der Waals surface area contributed by atoms with Gasteiger partial charge in [0.1, 0.15) is 11.8 Å². The first-order chi connectivity index (χ1) is 16.9. The third-order valence-corrected chi connectivity index (χ3v) is 6.39. The third-order valence-electron chi connectivity index (χ3n) is 6.39. The molecule has 4 rings (SSSR count). The Kier molecular flexibility index (Phi) is 7.33. The summed E-state index contributed by atoms with van der Waals surface area (Å²) in [7, 11) is 1.64. The monoisotopic (exact) mass is 465 g/mol. The van der Waals surface area contributed by atoms with Crippen molar-refractivity contribution in [1.29, 1.82) is 5.26 Å². The van der Waals surface area contributed by atoms with Crippen LogP contribution >= 0.6 is 0 Å². The van der Waals surface area contributed by atoms with Crippen LogP contribution in [0.15, 0.2) is 77.6 Å². The fraction of sp³-hybridized carbons (Fsp3) is 0.267. The largest absolute Gasteiger partial charge is 0.497 e. The molecule has 1 N–H and O–H groups in total. The van der Waals surface area contributed by atoms with Crippen LogP contribution in [0.3, 0.4) is 0 Å². The van der Waals surface area contributed by atoms with Crippen LogP contribution in [0.5, 0.6) is 5.75 Å². The molecular weight excluding hydrogens is 434 g/mol. The van der Waals surface area contributed by atoms with Crippen LogP contribution < -0.4 is 10.3 Å². The molecule has 0 fully saturated rings. The van der Waals surface area contributed by atoms with E-state index in [4.69, 9.17) is 4.74 Å². The molecule has 5 heteroatoms. The van der Waals surface area contributed by atoms with E-state index in [-0.39, 0.29) is 5.56 Å². The highest BCUT2D eigenvalue weighted by atomic mass is 16.5. The number of aromatic amines is 1. The topological polar surface area (TPSA) is 69.1 Å². The summed E-state index contributed by atoms with van der Waals surface area (Å²) in [5.41, 5.74) is 5.48. The normalized spacial score (nSPS) is 12.1. The van der Waals surface area contributed by atoms with Crippen LogP contribution in [-0.2, 0) is 13.1 Å². The van der Waals surface area contributed by atoms with Crippen LogP contribution in [0, 0.1) is 18.3 Å². The highest BCUT2D eigenvalue weighted by molar-refractivity contribution is 5.79. The summed E-state index contributed by atoms with van der Waals surface area (Å²) < 4.78 is 5.29. The molecule has 0 radical (unpaired) electrons. The zero-order valence-corrected chi connectivity index (χ0v) is 20.7. The van der Waals surface area contributed by atoms with Gasteiger partial charge in [-0.3, -0.25) is 9.69 Å². The SMILES string of the molecule is COc1ccc(CN(Cc2ccc(C(C)C)cc2)C(C#N)c2cc3ccc(C)cc3[nH]c2=O)cc1. The highest BCUT2D eigenvalue weighted by Crippen LogP contribution is 2.26. The Hall–Kier alpha value is -3.88. The number of nitrogens with one attached hydrogen (secondary N) is 1. The van der Waals surface area contributed by atoms with E-state index < -0.39 is 6.04 Å². The molecule has 1 unspecified atom stereocenters. The second-order valence-corrected chi connectivity index (χ2v) is 9.33. The lowest BCUT2D eigenvalue weighted by molar-refractivity contribution is 0.216. The average molecular weight is 466 g/mol. The van der Waals surface area contributed by atoms with Gasteiger partial charge in [-0.2, -0.15) is 5.26 Å². The minimum Gasteiger partial charge on any atom is -0.497 e. The Morgan fingerprint density at radius 2 is 1.57 bits per heavy atom. The van der Waals surface area contributed by atoms with Crippen molar-refractivity contribution in [3.8, 4) is 11.8 Å². The van der Waals surface area contributed by atoms with Crippen molar-refractivity contribution in [2.75, 3.05) is 7.11 Å². The molecule has 0 spiro atoms. The molecule has 35 heavy (non-hydrogen) atoms. The number of aryl methyl sites for hydroxylation is 1. The van der Waals surface area contributed by atoms with Gasteiger partial charge in [0.15, 0.2) is 0 Å². The number of nitrogens with zero attached hydrogens (tertiary/aromatic N) is 2. The van der Waals surface area contributed by atoms with Gasteiger partial charge in [0, 0.05) is 24.2 Å². The predicted octanol–water partition coefficient (Wildman–Crippen LogP) is 6.24. The van der Waals surface area contributed by atoms with Gasteiger partial charge in [-0.05, 0) is 64.7 Å². The van der Waals surface area contributed by atoms with Crippen LogP contribution in [-0.4, -0.2) is 17.0 Å². The number of methoxy groups -OCH3 is 1. The van der Waals surface area contributed by atoms with Crippen LogP contribution in [0.4, 0.5) is 0 Å². The molecule has 0 saturated heterocycles. The van der Waals surface area contributed by atoms with Gasteiger partial charge in [0.2, 0.25) is 0 Å². The summed E-state index contributed by atoms with van der Waals surface area (Å²) in [6.07, 6.45) is 0. The van der Waals surface area contributed by atoms with Crippen LogP contribution in [0.2, 0.25) is 0 Å². The van der Waals surface area contributed by atoms with Crippen LogP contribution in [0.25, 0.3) is 10.9 Å². The molecule has 0 aliphatic heterocycles. The molecule has 3 aromatic carbocycles. The standard InChI is InChI=1S/C30H31N3O2/c1-20(2)24-11-6-22(7-12-24)18-33(19-23-8-13-26(35-4)14-9-23)29(17-31)27-16-25-10-5-21(3)15-28(25)32-30(27)34/h5-16,20,29H,18-19H2,1-4H3,(H,32,34). The van der Waals surface area contributed by atoms with Crippen molar-refractivity contribution >= 4 is 10.9 Å². The van der Waals surface area contributed by atoms with E-state index in [1.807, 2.05) is 55.5 Å². The van der Waals surface area contributed by atoms with E-state index in [0.29, 0.717) is 24.6 Å². The average Bonchev–Trinajstić information content (AvgIpc) is 2.85. The van der Waals surface area contributed by atoms with Crippen molar-refractivity contribution in [2.45, 2.75) is 45.8 Å². The molecule has 0 aliphatic carbocycles. The Morgan fingerprint density at radius 3 is 2.14 bits per heavy atom. The molecule has 4 aromatic rings. The minimum atomic E-state index is -0.712. The highest BCUT2D eigenvalue weighted by Gasteiger charge is 2.24. The zero-order valence-electron chi connectivity index (χ0n) is 20.7. The van der Waals surface area contributed by atoms with Gasteiger partial charge in [-0.15, -0.1) is 0 Å². The van der Waals surface area contributed by atoms with Gasteiger partial charge in [0.05, 0.1) is 13.2 Å². The molecule has 0 amide bonds. The maximum Gasteiger partial charge on any atom is 0.254 e. The van der Waals surface area contributed by atoms with E-state index in [9.17, 15) is 10.1 Å². The van der Waals surface area contributed by atoms with Crippen molar-refractivity contribution in [1.82, 2.24) is 9.88 Å². The first-order valence-electron chi connectivity index (χ1n) is 11.9. The first-order valence-corrected chi connectivity index (χ1v) is 11.9. The Labute approximate surface area is 206 Å². The fourth-order valence-corrected chi connectivity index (χ4v) is 4.33. The van der Waals surface area contributed by atoms with Gasteiger partial charge >= 0.3 is 0 Å². The minimum absolute atomic E-state index is 0.232. The van der Waals surface area contributed by atoms with E-state index in [1.165, 1.54) is 5.56 Å². The molecule has 178 valence electrons. The molecular formula is C30H31N3O2. The van der Waals surface area contributed by atoms with Crippen molar-refractivity contribution in [3.05, 3.63) is 111 Å². The number of H-pyrrole nitrogens is 1. The zero-order chi connectivity index (χ0) is 24.9.